The van der Waals surface area contributed by atoms with Crippen molar-refractivity contribution in [2.24, 2.45) is 0 Å². The molecular weight excluding hydrogens is 368 g/mol. The number of carbonyl (C=O) groups excluding carboxylic acids is 1. The molecule has 0 atom stereocenters. The van der Waals surface area contributed by atoms with Gasteiger partial charge < -0.3 is 14.8 Å². The Morgan fingerprint density at radius 3 is 2.67 bits per heavy atom. The van der Waals surface area contributed by atoms with E-state index in [2.05, 4.69) is 5.32 Å². The van der Waals surface area contributed by atoms with Crippen LogP contribution < -0.4 is 19.1 Å². The molecule has 2 heterocycles. The van der Waals surface area contributed by atoms with E-state index in [1.54, 1.807) is 36.4 Å². The molecule has 0 bridgehead atoms. The van der Waals surface area contributed by atoms with E-state index in [4.69, 9.17) is 9.47 Å². The van der Waals surface area contributed by atoms with Gasteiger partial charge in [0.25, 0.3) is 5.91 Å². The van der Waals surface area contributed by atoms with Crippen molar-refractivity contribution in [2.75, 3.05) is 28.7 Å². The molecule has 0 aliphatic carbocycles. The van der Waals surface area contributed by atoms with E-state index in [0.717, 1.165) is 12.0 Å². The standard InChI is InChI=1S/C19H20N2O5S/c1-13-10-14(4-6-16(13)21-8-2-3-9-27(21,23)24)19(22)20-15-5-7-17-18(11-15)26-12-25-17/h4-7,10-11H,2-3,8-9,12H2,1H3,(H,20,22). The summed E-state index contributed by atoms with van der Waals surface area (Å²) in [4.78, 5) is 12.6. The predicted octanol–water partition coefficient (Wildman–Crippen LogP) is 2.91. The summed E-state index contributed by atoms with van der Waals surface area (Å²) in [6, 6.07) is 10.3. The van der Waals surface area contributed by atoms with Gasteiger partial charge in [-0.05, 0) is 55.7 Å². The zero-order chi connectivity index (χ0) is 19.0. The fourth-order valence-electron chi connectivity index (χ4n) is 3.31. The zero-order valence-electron chi connectivity index (χ0n) is 14.9. The maximum Gasteiger partial charge on any atom is 0.255 e. The summed E-state index contributed by atoms with van der Waals surface area (Å²) in [7, 11) is -3.28. The molecule has 0 saturated carbocycles. The molecule has 1 saturated heterocycles. The number of ether oxygens (including phenoxy) is 2. The lowest BCUT2D eigenvalue weighted by atomic mass is 10.1. The van der Waals surface area contributed by atoms with Gasteiger partial charge in [0.1, 0.15) is 0 Å². The molecule has 2 aliphatic rings. The number of nitrogens with one attached hydrogen (secondary N) is 1. The van der Waals surface area contributed by atoms with Crippen molar-refractivity contribution in [3.05, 3.63) is 47.5 Å². The van der Waals surface area contributed by atoms with Gasteiger partial charge in [0, 0.05) is 23.9 Å². The summed E-state index contributed by atoms with van der Waals surface area (Å²) in [6.45, 7) is 2.47. The highest BCUT2D eigenvalue weighted by molar-refractivity contribution is 7.92. The summed E-state index contributed by atoms with van der Waals surface area (Å²) in [5.74, 6) is 1.13. The molecule has 0 aromatic heterocycles. The second-order valence-corrected chi connectivity index (χ2v) is 8.63. The second kappa shape index (κ2) is 6.77. The van der Waals surface area contributed by atoms with Crippen LogP contribution in [0, 0.1) is 6.92 Å². The van der Waals surface area contributed by atoms with Crippen molar-refractivity contribution in [1.82, 2.24) is 0 Å². The molecule has 7 nitrogen and oxygen atoms in total. The molecule has 0 radical (unpaired) electrons. The molecule has 2 aliphatic heterocycles. The van der Waals surface area contributed by atoms with Crippen LogP contribution in [0.25, 0.3) is 0 Å². The van der Waals surface area contributed by atoms with Crippen molar-refractivity contribution < 1.29 is 22.7 Å². The number of rotatable bonds is 3. The molecule has 8 heteroatoms. The van der Waals surface area contributed by atoms with Gasteiger partial charge in [-0.3, -0.25) is 9.10 Å². The minimum Gasteiger partial charge on any atom is -0.454 e. The number of amides is 1. The highest BCUT2D eigenvalue weighted by atomic mass is 32.2. The number of hydrogen-bond acceptors (Lipinski definition) is 5. The second-order valence-electron chi connectivity index (χ2n) is 6.62. The monoisotopic (exact) mass is 388 g/mol. The topological polar surface area (TPSA) is 84.9 Å². The third kappa shape index (κ3) is 3.44. The first-order valence-electron chi connectivity index (χ1n) is 8.76. The van der Waals surface area contributed by atoms with Crippen LogP contribution in [0.15, 0.2) is 36.4 Å². The minimum atomic E-state index is -3.28. The molecule has 4 rings (SSSR count). The number of aryl methyl sites for hydroxylation is 1. The summed E-state index contributed by atoms with van der Waals surface area (Å²) in [5.41, 5.74) is 2.45. The number of nitrogens with zero attached hydrogens (tertiary/aromatic N) is 1. The van der Waals surface area contributed by atoms with Gasteiger partial charge in [0.15, 0.2) is 11.5 Å². The molecule has 142 valence electrons. The Hall–Kier alpha value is -2.74. The Labute approximate surface area is 157 Å². The van der Waals surface area contributed by atoms with Gasteiger partial charge in [-0.2, -0.15) is 0 Å². The van der Waals surface area contributed by atoms with Crippen LogP contribution in [-0.4, -0.2) is 33.4 Å². The maximum absolute atomic E-state index is 12.6. The van der Waals surface area contributed by atoms with E-state index in [1.165, 1.54) is 4.31 Å². The lowest BCUT2D eigenvalue weighted by Crippen LogP contribution is -2.38. The summed E-state index contributed by atoms with van der Waals surface area (Å²) in [6.07, 6.45) is 1.53. The Morgan fingerprint density at radius 1 is 1.07 bits per heavy atom. The molecular formula is C19H20N2O5S. The highest BCUT2D eigenvalue weighted by Gasteiger charge is 2.27. The van der Waals surface area contributed by atoms with Crippen molar-refractivity contribution in [3.63, 3.8) is 0 Å². The average molecular weight is 388 g/mol. The third-order valence-electron chi connectivity index (χ3n) is 4.71. The van der Waals surface area contributed by atoms with Crippen LogP contribution >= 0.6 is 0 Å². The van der Waals surface area contributed by atoms with Gasteiger partial charge in [-0.1, -0.05) is 0 Å². The van der Waals surface area contributed by atoms with Gasteiger partial charge in [-0.25, -0.2) is 8.42 Å². The Kier molecular flexibility index (Phi) is 4.43. The number of anilines is 2. The summed E-state index contributed by atoms with van der Waals surface area (Å²) >= 11 is 0. The Bertz CT molecular complexity index is 1000. The molecule has 0 unspecified atom stereocenters. The van der Waals surface area contributed by atoms with E-state index in [-0.39, 0.29) is 18.5 Å². The molecule has 0 spiro atoms. The Balaban J connectivity index is 1.54. The van der Waals surface area contributed by atoms with Crippen molar-refractivity contribution in [3.8, 4) is 11.5 Å². The van der Waals surface area contributed by atoms with Crippen LogP contribution in [0.1, 0.15) is 28.8 Å². The van der Waals surface area contributed by atoms with E-state index < -0.39 is 10.0 Å². The number of carbonyl (C=O) groups is 1. The van der Waals surface area contributed by atoms with Crippen LogP contribution in [0.5, 0.6) is 11.5 Å². The lowest BCUT2D eigenvalue weighted by molar-refractivity contribution is 0.102. The van der Waals surface area contributed by atoms with E-state index in [1.807, 2.05) is 6.92 Å². The molecule has 1 fully saturated rings. The van der Waals surface area contributed by atoms with Crippen LogP contribution in [0.4, 0.5) is 11.4 Å². The summed E-state index contributed by atoms with van der Waals surface area (Å²) in [5, 5.41) is 2.82. The quantitative estimate of drug-likeness (QED) is 0.874. The molecule has 2 aromatic carbocycles. The number of fused-ring (bicyclic) bond motifs is 1. The minimum absolute atomic E-state index is 0.165. The first-order chi connectivity index (χ1) is 12.9. The largest absolute Gasteiger partial charge is 0.454 e. The first kappa shape index (κ1) is 17.7. The zero-order valence-corrected chi connectivity index (χ0v) is 15.7. The first-order valence-corrected chi connectivity index (χ1v) is 10.4. The average Bonchev–Trinajstić information content (AvgIpc) is 3.09. The SMILES string of the molecule is Cc1cc(C(=O)Nc2ccc3c(c2)OCO3)ccc1N1CCCCS1(=O)=O. The van der Waals surface area contributed by atoms with E-state index >= 15 is 0 Å². The van der Waals surface area contributed by atoms with Crippen molar-refractivity contribution in [2.45, 2.75) is 19.8 Å². The van der Waals surface area contributed by atoms with Gasteiger partial charge in [0.2, 0.25) is 16.8 Å². The summed E-state index contributed by atoms with van der Waals surface area (Å²) < 4.78 is 36.6. The van der Waals surface area contributed by atoms with Gasteiger partial charge >= 0.3 is 0 Å². The molecule has 2 aromatic rings. The number of benzene rings is 2. The van der Waals surface area contributed by atoms with Crippen molar-refractivity contribution in [1.29, 1.82) is 0 Å². The van der Waals surface area contributed by atoms with Crippen LogP contribution in [0.3, 0.4) is 0 Å². The third-order valence-corrected chi connectivity index (χ3v) is 6.56. The lowest BCUT2D eigenvalue weighted by Gasteiger charge is -2.29. The van der Waals surface area contributed by atoms with Crippen LogP contribution in [0.2, 0.25) is 0 Å². The molecule has 1 amide bonds. The fourth-order valence-corrected chi connectivity index (χ4v) is 5.01. The van der Waals surface area contributed by atoms with Crippen molar-refractivity contribution >= 4 is 27.3 Å². The fraction of sp³-hybridized carbons (Fsp3) is 0.316. The maximum atomic E-state index is 12.6. The molecule has 27 heavy (non-hydrogen) atoms. The smallest absolute Gasteiger partial charge is 0.255 e. The number of hydrogen-bond donors (Lipinski definition) is 1. The van der Waals surface area contributed by atoms with Gasteiger partial charge in [-0.15, -0.1) is 0 Å². The highest BCUT2D eigenvalue weighted by Crippen LogP contribution is 2.34. The van der Waals surface area contributed by atoms with Gasteiger partial charge in [0.05, 0.1) is 11.4 Å². The molecule has 1 N–H and O–H groups in total. The number of sulfonamides is 1. The Morgan fingerprint density at radius 2 is 1.89 bits per heavy atom. The van der Waals surface area contributed by atoms with E-state index in [9.17, 15) is 13.2 Å². The van der Waals surface area contributed by atoms with Crippen LogP contribution in [-0.2, 0) is 10.0 Å². The van der Waals surface area contributed by atoms with E-state index in [0.29, 0.717) is 41.4 Å². The normalized spacial score (nSPS) is 17.6. The predicted molar refractivity (Wildman–Crippen MR) is 102 cm³/mol.